The van der Waals surface area contributed by atoms with Crippen LogP contribution in [0.3, 0.4) is 0 Å². The summed E-state index contributed by atoms with van der Waals surface area (Å²) < 4.78 is 42.9. The lowest BCUT2D eigenvalue weighted by molar-refractivity contribution is 0.0757. The van der Waals surface area contributed by atoms with E-state index in [0.717, 1.165) is 25.7 Å². The molecule has 8 heteroatoms. The van der Waals surface area contributed by atoms with E-state index in [1.165, 1.54) is 26.6 Å². The van der Waals surface area contributed by atoms with E-state index in [9.17, 15) is 13.6 Å². The number of methoxy groups -OCH3 is 3. The maximum atomic E-state index is 13.7. The summed E-state index contributed by atoms with van der Waals surface area (Å²) in [6, 6.07) is 5.08. The van der Waals surface area contributed by atoms with Gasteiger partial charge in [0.25, 0.3) is 6.43 Å². The van der Waals surface area contributed by atoms with Crippen LogP contribution in [0, 0.1) is 11.8 Å². The molecule has 2 aromatic rings. The first-order chi connectivity index (χ1) is 15.5. The quantitative estimate of drug-likeness (QED) is 0.463. The molecule has 0 bridgehead atoms. The molecule has 0 unspecified atom stereocenters. The summed E-state index contributed by atoms with van der Waals surface area (Å²) in [5.41, 5.74) is 1.06. The van der Waals surface area contributed by atoms with Crippen molar-refractivity contribution in [1.29, 1.82) is 0 Å². The normalized spacial score (nSPS) is 19.6. The second-order valence-corrected chi connectivity index (χ2v) is 8.17. The van der Waals surface area contributed by atoms with Crippen molar-refractivity contribution >= 4 is 5.78 Å². The number of Topliss-reactive ketones (excluding diaryl/α,β-unsaturated/α-hetero) is 1. The Morgan fingerprint density at radius 1 is 1.06 bits per heavy atom. The van der Waals surface area contributed by atoms with Crippen LogP contribution in [0.15, 0.2) is 30.6 Å². The molecule has 1 fully saturated rings. The highest BCUT2D eigenvalue weighted by Crippen LogP contribution is 2.44. The fourth-order valence-electron chi connectivity index (χ4n) is 4.71. The number of hydrogen-bond acceptors (Lipinski definition) is 6. The number of alkyl halides is 2. The Morgan fingerprint density at radius 3 is 2.38 bits per heavy atom. The van der Waals surface area contributed by atoms with E-state index in [0.29, 0.717) is 36.0 Å². The molecule has 0 aliphatic heterocycles. The van der Waals surface area contributed by atoms with Crippen molar-refractivity contribution in [2.45, 2.75) is 44.4 Å². The topological polar surface area (TPSA) is 70.5 Å². The first-order valence-electron chi connectivity index (χ1n) is 10.8. The summed E-state index contributed by atoms with van der Waals surface area (Å²) in [6.45, 7) is 0.482. The van der Waals surface area contributed by atoms with E-state index in [4.69, 9.17) is 14.2 Å². The van der Waals surface area contributed by atoms with Gasteiger partial charge in [0.2, 0.25) is 11.8 Å². The highest BCUT2D eigenvalue weighted by Gasteiger charge is 2.32. The number of aromatic nitrogens is 2. The van der Waals surface area contributed by atoms with Gasteiger partial charge in [0, 0.05) is 44.2 Å². The Hall–Kier alpha value is -2.61. The zero-order valence-electron chi connectivity index (χ0n) is 18.7. The minimum absolute atomic E-state index is 0.00409. The fraction of sp³-hybridized carbons (Fsp3) is 0.542. The van der Waals surface area contributed by atoms with Crippen LogP contribution in [-0.4, -0.2) is 43.7 Å². The predicted octanol–water partition coefficient (Wildman–Crippen LogP) is 5.24. The summed E-state index contributed by atoms with van der Waals surface area (Å²) >= 11 is 0. The maximum Gasteiger partial charge on any atom is 0.269 e. The lowest BCUT2D eigenvalue weighted by Crippen LogP contribution is -2.27. The van der Waals surface area contributed by atoms with Gasteiger partial charge in [-0.05, 0) is 61.1 Å². The number of ether oxygens (including phenoxy) is 3. The van der Waals surface area contributed by atoms with Gasteiger partial charge in [0.05, 0.1) is 19.8 Å². The van der Waals surface area contributed by atoms with Gasteiger partial charge < -0.3 is 14.2 Å². The molecule has 0 amide bonds. The molecule has 1 saturated carbocycles. The summed E-state index contributed by atoms with van der Waals surface area (Å²) in [5.74, 6) is 0.858. The molecular formula is C24H30F2N2O4. The van der Waals surface area contributed by atoms with Crippen LogP contribution < -0.4 is 9.47 Å². The van der Waals surface area contributed by atoms with Crippen molar-refractivity contribution in [2.24, 2.45) is 11.8 Å². The van der Waals surface area contributed by atoms with Gasteiger partial charge in [-0.25, -0.2) is 18.7 Å². The van der Waals surface area contributed by atoms with Gasteiger partial charge in [-0.15, -0.1) is 0 Å². The fourth-order valence-corrected chi connectivity index (χ4v) is 4.71. The molecule has 1 aliphatic rings. The van der Waals surface area contributed by atoms with E-state index in [2.05, 4.69) is 9.97 Å². The summed E-state index contributed by atoms with van der Waals surface area (Å²) in [6.07, 6.45) is 4.03. The standard InChI is InChI=1S/C24H30F2N2O4/c1-30-14-18(12-20(29)17-8-9-21(31-2)28-13-17)15-4-6-16(7-5-15)19-10-11-27-24(32-3)22(19)23(25)26/h8-11,13,15-16,18,23H,4-7,12,14H2,1-3H3/t15?,16?,18-/m1/s1. The van der Waals surface area contributed by atoms with Gasteiger partial charge in [0.1, 0.15) is 0 Å². The molecule has 0 aromatic carbocycles. The van der Waals surface area contributed by atoms with E-state index in [1.807, 2.05) is 0 Å². The zero-order chi connectivity index (χ0) is 23.1. The summed E-state index contributed by atoms with van der Waals surface area (Å²) in [5, 5.41) is 0. The Morgan fingerprint density at radius 2 is 1.81 bits per heavy atom. The molecule has 1 atom stereocenters. The van der Waals surface area contributed by atoms with Crippen LogP contribution in [0.4, 0.5) is 8.78 Å². The number of ketones is 1. The minimum Gasteiger partial charge on any atom is -0.481 e. The molecule has 2 heterocycles. The molecule has 0 spiro atoms. The van der Waals surface area contributed by atoms with Crippen LogP contribution in [0.1, 0.15) is 65.9 Å². The highest BCUT2D eigenvalue weighted by molar-refractivity contribution is 5.96. The van der Waals surface area contributed by atoms with Gasteiger partial charge in [0.15, 0.2) is 5.78 Å². The van der Waals surface area contributed by atoms with Crippen LogP contribution in [0.2, 0.25) is 0 Å². The summed E-state index contributed by atoms with van der Waals surface area (Å²) in [7, 11) is 4.52. The molecular weight excluding hydrogens is 418 g/mol. The largest absolute Gasteiger partial charge is 0.481 e. The lowest BCUT2D eigenvalue weighted by atomic mass is 9.72. The molecule has 1 aliphatic carbocycles. The minimum atomic E-state index is -2.64. The lowest BCUT2D eigenvalue weighted by Gasteiger charge is -2.34. The molecule has 2 aromatic heterocycles. The Bertz CT molecular complexity index is 884. The van der Waals surface area contributed by atoms with E-state index >= 15 is 0 Å². The molecule has 0 saturated heterocycles. The van der Waals surface area contributed by atoms with Gasteiger partial charge in [-0.2, -0.15) is 0 Å². The van der Waals surface area contributed by atoms with Crippen molar-refractivity contribution in [3.8, 4) is 11.8 Å². The Kier molecular flexibility index (Phi) is 8.50. The molecule has 6 nitrogen and oxygen atoms in total. The van der Waals surface area contributed by atoms with Crippen molar-refractivity contribution < 1.29 is 27.8 Å². The third-order valence-electron chi connectivity index (χ3n) is 6.37. The SMILES string of the molecule is COC[C@@H](CC(=O)c1ccc(OC)nc1)C1CCC(c2ccnc(OC)c2C(F)F)CC1. The van der Waals surface area contributed by atoms with E-state index in [1.54, 1.807) is 25.3 Å². The maximum absolute atomic E-state index is 13.7. The molecule has 0 radical (unpaired) electrons. The van der Waals surface area contributed by atoms with E-state index < -0.39 is 6.43 Å². The highest BCUT2D eigenvalue weighted by atomic mass is 19.3. The van der Waals surface area contributed by atoms with Crippen molar-refractivity contribution in [3.63, 3.8) is 0 Å². The smallest absolute Gasteiger partial charge is 0.269 e. The third-order valence-corrected chi connectivity index (χ3v) is 6.37. The van der Waals surface area contributed by atoms with Gasteiger partial charge >= 0.3 is 0 Å². The van der Waals surface area contributed by atoms with Gasteiger partial charge in [-0.3, -0.25) is 4.79 Å². The van der Waals surface area contributed by atoms with Crippen molar-refractivity contribution in [3.05, 3.63) is 47.3 Å². The predicted molar refractivity (Wildman–Crippen MR) is 116 cm³/mol. The number of pyridine rings is 2. The second-order valence-electron chi connectivity index (χ2n) is 8.17. The number of nitrogens with zero attached hydrogens (tertiary/aromatic N) is 2. The first kappa shape index (κ1) is 24.0. The third kappa shape index (κ3) is 5.59. The van der Waals surface area contributed by atoms with Crippen molar-refractivity contribution in [2.75, 3.05) is 27.9 Å². The monoisotopic (exact) mass is 448 g/mol. The molecule has 0 N–H and O–H groups in total. The van der Waals surface area contributed by atoms with Crippen LogP contribution in [0.5, 0.6) is 11.8 Å². The Balaban J connectivity index is 1.67. The number of hydrogen-bond donors (Lipinski definition) is 0. The molecule has 32 heavy (non-hydrogen) atoms. The van der Waals surface area contributed by atoms with Crippen LogP contribution >= 0.6 is 0 Å². The molecule has 174 valence electrons. The van der Waals surface area contributed by atoms with Crippen LogP contribution in [0.25, 0.3) is 0 Å². The number of carbonyl (C=O) groups is 1. The molecule has 3 rings (SSSR count). The number of carbonyl (C=O) groups excluding carboxylic acids is 1. The van der Waals surface area contributed by atoms with Crippen molar-refractivity contribution in [1.82, 2.24) is 9.97 Å². The Labute approximate surface area is 187 Å². The number of rotatable bonds is 10. The average molecular weight is 449 g/mol. The zero-order valence-corrected chi connectivity index (χ0v) is 18.7. The van der Waals surface area contributed by atoms with Crippen LogP contribution in [-0.2, 0) is 4.74 Å². The summed E-state index contributed by atoms with van der Waals surface area (Å²) in [4.78, 5) is 20.9. The number of halogens is 2. The van der Waals surface area contributed by atoms with Gasteiger partial charge in [-0.1, -0.05) is 0 Å². The van der Waals surface area contributed by atoms with E-state index in [-0.39, 0.29) is 29.1 Å². The first-order valence-corrected chi connectivity index (χ1v) is 10.8. The average Bonchev–Trinajstić information content (AvgIpc) is 2.83. The second kappa shape index (κ2) is 11.3.